The van der Waals surface area contributed by atoms with Crippen LogP contribution < -0.4 is 0 Å². The van der Waals surface area contributed by atoms with Gasteiger partial charge in [-0.3, -0.25) is 4.57 Å². The minimum atomic E-state index is -4.31. The summed E-state index contributed by atoms with van der Waals surface area (Å²) in [5.74, 6) is -2.02. The molecule has 0 saturated carbocycles. The summed E-state index contributed by atoms with van der Waals surface area (Å²) in [6, 6.07) is 5.91. The van der Waals surface area contributed by atoms with E-state index in [1.54, 1.807) is 39.8 Å². The van der Waals surface area contributed by atoms with Gasteiger partial charge in [-0.2, -0.15) is 12.4 Å². The first-order valence-electron chi connectivity index (χ1n) is 6.97. The second-order valence-corrected chi connectivity index (χ2v) is 9.49. The van der Waals surface area contributed by atoms with Crippen molar-refractivity contribution in [1.82, 2.24) is 0 Å². The van der Waals surface area contributed by atoms with Gasteiger partial charge < -0.3 is 9.63 Å². The largest absolute Gasteiger partial charge is 0.380 e. The maximum Gasteiger partial charge on any atom is 0.374 e. The summed E-state index contributed by atoms with van der Waals surface area (Å²) in [5, 5.41) is 10.1. The van der Waals surface area contributed by atoms with E-state index in [0.717, 1.165) is 5.56 Å². The van der Waals surface area contributed by atoms with Gasteiger partial charge in [0.25, 0.3) is 0 Å². The Kier molecular flexibility index (Phi) is 6.36. The lowest BCUT2D eigenvalue weighted by Gasteiger charge is -2.26. The highest BCUT2D eigenvalue weighted by molar-refractivity contribution is 7.91. The van der Waals surface area contributed by atoms with Gasteiger partial charge in [0.1, 0.15) is 0 Å². The number of hydrogen-bond acceptors (Lipinski definition) is 6. The van der Waals surface area contributed by atoms with E-state index in [1.165, 1.54) is 12.1 Å². The smallest absolute Gasteiger partial charge is 0.374 e. The van der Waals surface area contributed by atoms with Crippen molar-refractivity contribution in [3.05, 3.63) is 29.8 Å². The minimum absolute atomic E-state index is 0.137. The Hall–Kier alpha value is -0.720. The molecule has 0 amide bonds. The van der Waals surface area contributed by atoms with Crippen LogP contribution in [0.25, 0.3) is 0 Å². The van der Waals surface area contributed by atoms with Crippen LogP contribution in [0.15, 0.2) is 29.2 Å². The molecule has 126 valence electrons. The third kappa shape index (κ3) is 4.89. The highest BCUT2D eigenvalue weighted by Gasteiger charge is 2.42. The molecule has 1 N–H and O–H groups in total. The fourth-order valence-corrected chi connectivity index (χ4v) is 5.51. The molecule has 2 atom stereocenters. The topological polar surface area (TPSA) is 89.9 Å². The Bertz CT molecular complexity index is 636. The average Bonchev–Trinajstić information content (AvgIpc) is 2.36. The molecule has 1 rings (SSSR count). The second-order valence-electron chi connectivity index (χ2n) is 5.69. The van der Waals surface area contributed by atoms with Gasteiger partial charge in [0.2, 0.25) is 0 Å². The Morgan fingerprint density at radius 3 is 2.00 bits per heavy atom. The van der Waals surface area contributed by atoms with Gasteiger partial charge in [-0.05, 0) is 38.8 Å². The summed E-state index contributed by atoms with van der Waals surface area (Å²) in [4.78, 5) is -0.137. The lowest BCUT2D eigenvalue weighted by atomic mass is 10.2. The van der Waals surface area contributed by atoms with Crippen LogP contribution in [0.1, 0.15) is 33.3 Å². The Balaban J connectivity index is 3.18. The number of aliphatic hydroxyl groups excluding tert-OH is 1. The predicted octanol–water partition coefficient (Wildman–Crippen LogP) is 3.29. The van der Waals surface area contributed by atoms with Crippen molar-refractivity contribution in [2.75, 3.05) is 0 Å². The molecule has 0 aromatic heterocycles. The second kappa shape index (κ2) is 7.23. The van der Waals surface area contributed by atoms with Crippen molar-refractivity contribution < 1.29 is 26.6 Å². The molecule has 6 nitrogen and oxygen atoms in total. The molecule has 0 radical (unpaired) electrons. The first kappa shape index (κ1) is 19.3. The summed E-state index contributed by atoms with van der Waals surface area (Å²) < 4.78 is 47.3. The van der Waals surface area contributed by atoms with Crippen molar-refractivity contribution >= 4 is 17.7 Å². The number of hydrogen-bond donors (Lipinski definition) is 1. The summed E-state index contributed by atoms with van der Waals surface area (Å²) in [6.45, 7) is 8.18. The monoisotopic (exact) mass is 350 g/mol. The lowest BCUT2D eigenvalue weighted by Crippen LogP contribution is -2.22. The standard InChI is InChI=1S/C14H23O6PS/c1-10(2)14(15)21(16,19-11(3)4)20-22(17,18)13-8-6-12(5)7-9-13/h6-11,14-15H,1-5H3. The zero-order valence-electron chi connectivity index (χ0n) is 13.4. The number of aliphatic hydroxyl groups is 1. The highest BCUT2D eigenvalue weighted by atomic mass is 32.2. The van der Waals surface area contributed by atoms with Gasteiger partial charge in [0, 0.05) is 0 Å². The molecule has 0 bridgehead atoms. The molecule has 0 aliphatic rings. The van der Waals surface area contributed by atoms with Crippen molar-refractivity contribution in [1.29, 1.82) is 0 Å². The fourth-order valence-electron chi connectivity index (χ4n) is 1.67. The van der Waals surface area contributed by atoms with Gasteiger partial charge in [0.05, 0.1) is 11.0 Å². The van der Waals surface area contributed by atoms with Gasteiger partial charge in [0.15, 0.2) is 5.85 Å². The van der Waals surface area contributed by atoms with Crippen LogP contribution >= 0.6 is 7.60 Å². The van der Waals surface area contributed by atoms with E-state index in [1.807, 2.05) is 6.92 Å². The van der Waals surface area contributed by atoms with Crippen LogP contribution in [0.5, 0.6) is 0 Å². The van der Waals surface area contributed by atoms with Gasteiger partial charge in [-0.25, -0.2) is 0 Å². The molecular weight excluding hydrogens is 327 g/mol. The molecule has 8 heteroatoms. The third-order valence-electron chi connectivity index (χ3n) is 2.79. The highest BCUT2D eigenvalue weighted by Crippen LogP contribution is 2.57. The number of rotatable bonds is 7. The van der Waals surface area contributed by atoms with E-state index in [-0.39, 0.29) is 4.90 Å². The molecule has 0 saturated heterocycles. The third-order valence-corrected chi connectivity index (χ3v) is 7.22. The van der Waals surface area contributed by atoms with Crippen molar-refractivity contribution in [2.45, 2.75) is 51.5 Å². The average molecular weight is 350 g/mol. The molecule has 2 unspecified atom stereocenters. The first-order chi connectivity index (χ1) is 9.98. The SMILES string of the molecule is Cc1ccc(S(=O)(=O)OP(=O)(OC(C)C)C(O)C(C)C)cc1. The van der Waals surface area contributed by atoms with Crippen molar-refractivity contribution in [3.8, 4) is 0 Å². The van der Waals surface area contributed by atoms with Crippen molar-refractivity contribution in [2.24, 2.45) is 5.92 Å². The van der Waals surface area contributed by atoms with Gasteiger partial charge in [-0.15, -0.1) is 0 Å². The molecule has 0 aliphatic carbocycles. The van der Waals surface area contributed by atoms with Crippen LogP contribution in [0.4, 0.5) is 0 Å². The quantitative estimate of drug-likeness (QED) is 0.759. The minimum Gasteiger partial charge on any atom is -0.380 e. The summed E-state index contributed by atoms with van der Waals surface area (Å²) >= 11 is 0. The number of aryl methyl sites for hydroxylation is 1. The van der Waals surface area contributed by atoms with Crippen LogP contribution in [-0.4, -0.2) is 25.5 Å². The van der Waals surface area contributed by atoms with Gasteiger partial charge >= 0.3 is 17.7 Å². The summed E-state index contributed by atoms with van der Waals surface area (Å²) in [5.41, 5.74) is 0.878. The molecule has 1 aromatic carbocycles. The Morgan fingerprint density at radius 1 is 1.09 bits per heavy atom. The molecular formula is C14H23O6PS. The summed E-state index contributed by atoms with van der Waals surface area (Å²) in [7, 11) is -8.56. The molecule has 0 aliphatic heterocycles. The number of benzene rings is 1. The van der Waals surface area contributed by atoms with E-state index in [2.05, 4.69) is 0 Å². The fraction of sp³-hybridized carbons (Fsp3) is 0.571. The van der Waals surface area contributed by atoms with E-state index < -0.39 is 35.6 Å². The summed E-state index contributed by atoms with van der Waals surface area (Å²) in [6.07, 6.45) is -0.563. The normalized spacial score (nSPS) is 16.7. The maximum atomic E-state index is 12.7. The van der Waals surface area contributed by atoms with E-state index >= 15 is 0 Å². The van der Waals surface area contributed by atoms with E-state index in [9.17, 15) is 18.1 Å². The van der Waals surface area contributed by atoms with Crippen LogP contribution in [0, 0.1) is 12.8 Å². The lowest BCUT2D eigenvalue weighted by molar-refractivity contribution is 0.127. The molecule has 0 spiro atoms. The van der Waals surface area contributed by atoms with Crippen LogP contribution in [0.3, 0.4) is 0 Å². The van der Waals surface area contributed by atoms with E-state index in [0.29, 0.717) is 0 Å². The van der Waals surface area contributed by atoms with Crippen LogP contribution in [-0.2, 0) is 23.2 Å². The zero-order chi connectivity index (χ0) is 17.1. The Morgan fingerprint density at radius 2 is 1.59 bits per heavy atom. The predicted molar refractivity (Wildman–Crippen MR) is 84.1 cm³/mol. The molecule has 1 aromatic rings. The molecule has 0 fully saturated rings. The van der Waals surface area contributed by atoms with Crippen LogP contribution in [0.2, 0.25) is 0 Å². The van der Waals surface area contributed by atoms with Crippen molar-refractivity contribution in [3.63, 3.8) is 0 Å². The van der Waals surface area contributed by atoms with E-state index in [4.69, 9.17) is 8.49 Å². The van der Waals surface area contributed by atoms with Gasteiger partial charge in [-0.1, -0.05) is 31.5 Å². The zero-order valence-corrected chi connectivity index (χ0v) is 15.1. The maximum absolute atomic E-state index is 12.7. The Labute approximate surface area is 132 Å². The first-order valence-corrected chi connectivity index (χ1v) is 9.99. The molecule has 22 heavy (non-hydrogen) atoms. The molecule has 0 heterocycles.